The second-order valence-corrected chi connectivity index (χ2v) is 3.88. The maximum absolute atomic E-state index is 13.9. The Morgan fingerprint density at radius 3 is 2.74 bits per heavy atom. The van der Waals surface area contributed by atoms with Crippen LogP contribution in [-0.2, 0) is 4.74 Å². The number of nitrogens with one attached hydrogen (secondary N) is 1. The highest BCUT2D eigenvalue weighted by atomic mass is 19.2. The number of aromatic nitrogens is 2. The first-order chi connectivity index (χ1) is 9.15. The van der Waals surface area contributed by atoms with Crippen molar-refractivity contribution in [3.8, 4) is 0 Å². The van der Waals surface area contributed by atoms with Gasteiger partial charge in [-0.1, -0.05) is 0 Å². The molecule has 4 N–H and O–H groups in total. The van der Waals surface area contributed by atoms with Gasteiger partial charge in [0.15, 0.2) is 6.20 Å². The van der Waals surface area contributed by atoms with Crippen LogP contribution in [0.1, 0.15) is 7.57 Å². The number of ether oxygens (including phenoxy) is 1. The lowest BCUT2D eigenvalue weighted by Crippen LogP contribution is -2.42. The average Bonchev–Trinajstić information content (AvgIpc) is 2.56. The van der Waals surface area contributed by atoms with E-state index in [1.807, 2.05) is 0 Å². The minimum absolute atomic E-state index is 0.0641. The van der Waals surface area contributed by atoms with Gasteiger partial charge in [0.1, 0.15) is 18.8 Å². The molecule has 1 aromatic rings. The third kappa shape index (κ3) is 2.08. The molecule has 1 aliphatic rings. The van der Waals surface area contributed by atoms with E-state index in [0.717, 1.165) is 0 Å². The molecule has 0 amide bonds. The number of aliphatic hydroxyl groups is 3. The molecule has 0 saturated carbocycles. The Morgan fingerprint density at radius 2 is 2.21 bits per heavy atom. The van der Waals surface area contributed by atoms with E-state index in [0.29, 0.717) is 0 Å². The van der Waals surface area contributed by atoms with E-state index < -0.39 is 47.9 Å². The number of halogens is 2. The zero-order valence-electron chi connectivity index (χ0n) is 10.2. The van der Waals surface area contributed by atoms with Crippen molar-refractivity contribution in [3.05, 3.63) is 32.9 Å². The van der Waals surface area contributed by atoms with Gasteiger partial charge in [0, 0.05) is 0 Å². The Morgan fingerprint density at radius 1 is 1.58 bits per heavy atom. The molecule has 0 aromatic carbocycles. The highest BCUT2D eigenvalue weighted by molar-refractivity contribution is 4.97. The van der Waals surface area contributed by atoms with Crippen LogP contribution in [-0.4, -0.2) is 49.5 Å². The molecule has 2 heterocycles. The molecule has 0 radical (unpaired) electrons. The molecule has 8 nitrogen and oxygen atoms in total. The minimum Gasteiger partial charge on any atom is -0.390 e. The van der Waals surface area contributed by atoms with Gasteiger partial charge in [0.05, 0.1) is 7.57 Å². The van der Waals surface area contributed by atoms with Gasteiger partial charge >= 0.3 is 5.69 Å². The van der Waals surface area contributed by atoms with Gasteiger partial charge in [-0.25, -0.2) is 9.18 Å². The van der Waals surface area contributed by atoms with E-state index in [4.69, 9.17) is 6.48 Å². The number of hydrogen-bond acceptors (Lipinski definition) is 6. The molecule has 1 saturated heterocycles. The van der Waals surface area contributed by atoms with Crippen LogP contribution in [0.4, 0.5) is 8.78 Å². The van der Waals surface area contributed by atoms with E-state index in [1.54, 1.807) is 0 Å². The van der Waals surface area contributed by atoms with Crippen LogP contribution in [0.5, 0.6) is 0 Å². The van der Waals surface area contributed by atoms with E-state index in [1.165, 1.54) is 4.98 Å². The Balaban J connectivity index is 2.60. The van der Waals surface area contributed by atoms with Crippen LogP contribution in [0.15, 0.2) is 15.8 Å². The van der Waals surface area contributed by atoms with Crippen LogP contribution >= 0.6 is 0 Å². The summed E-state index contributed by atoms with van der Waals surface area (Å²) >= 11 is 0. The quantitative estimate of drug-likeness (QED) is 0.478. The van der Waals surface area contributed by atoms with E-state index in [9.17, 15) is 28.6 Å². The molecule has 4 atom stereocenters. The fourth-order valence-corrected chi connectivity index (χ4v) is 1.59. The Labute approximate surface area is 104 Å². The maximum Gasteiger partial charge on any atom is 0.330 e. The number of hydrogen-bond donors (Lipinski definition) is 4. The molecular formula is C9H10F2N2O6. The van der Waals surface area contributed by atoms with Crippen molar-refractivity contribution in [2.75, 3.05) is 6.61 Å². The number of H-pyrrole nitrogens is 1. The Hall–Kier alpha value is -1.62. The second kappa shape index (κ2) is 4.49. The summed E-state index contributed by atoms with van der Waals surface area (Å²) in [5.41, 5.74) is -2.74. The molecule has 0 unspecified atom stereocenters. The smallest absolute Gasteiger partial charge is 0.330 e. The van der Waals surface area contributed by atoms with Gasteiger partial charge in [-0.05, 0) is 0 Å². The van der Waals surface area contributed by atoms with Crippen molar-refractivity contribution in [1.82, 2.24) is 9.55 Å². The summed E-state index contributed by atoms with van der Waals surface area (Å²) in [7, 11) is 0. The van der Waals surface area contributed by atoms with Crippen LogP contribution in [0.2, 0.25) is 0 Å². The van der Waals surface area contributed by atoms with Crippen molar-refractivity contribution in [3.63, 3.8) is 0 Å². The van der Waals surface area contributed by atoms with E-state index in [2.05, 4.69) is 4.74 Å². The number of nitrogens with zero attached hydrogens (tertiary/aromatic N) is 1. The zero-order valence-corrected chi connectivity index (χ0v) is 9.21. The lowest BCUT2D eigenvalue weighted by Gasteiger charge is -2.19. The molecule has 0 aliphatic carbocycles. The summed E-state index contributed by atoms with van der Waals surface area (Å²) in [6, 6.07) is 0. The molecule has 1 aromatic heterocycles. The summed E-state index contributed by atoms with van der Waals surface area (Å²) < 4.78 is 39.2. The van der Waals surface area contributed by atoms with Gasteiger partial charge in [0.25, 0.3) is 11.4 Å². The lowest BCUT2D eigenvalue weighted by atomic mass is 10.1. The fourth-order valence-electron chi connectivity index (χ4n) is 1.59. The van der Waals surface area contributed by atoms with Crippen molar-refractivity contribution in [1.29, 1.82) is 0 Å². The summed E-state index contributed by atoms with van der Waals surface area (Å²) in [4.78, 5) is 23.9. The minimum atomic E-state index is -3.22. The lowest BCUT2D eigenvalue weighted by molar-refractivity contribution is -0.207. The van der Waals surface area contributed by atoms with Gasteiger partial charge in [-0.15, -0.1) is 0 Å². The second-order valence-electron chi connectivity index (χ2n) is 3.88. The molecule has 2 rings (SSSR count). The summed E-state index contributed by atoms with van der Waals surface area (Å²) in [5.74, 6) is -4.70. The number of aromatic amines is 1. The van der Waals surface area contributed by atoms with Crippen LogP contribution < -0.4 is 11.2 Å². The van der Waals surface area contributed by atoms with Crippen molar-refractivity contribution in [2.24, 2.45) is 0 Å². The molecule has 0 spiro atoms. The fraction of sp³-hybridized carbons (Fsp3) is 0.556. The van der Waals surface area contributed by atoms with Gasteiger partial charge in [-0.3, -0.25) is 14.3 Å². The van der Waals surface area contributed by atoms with Crippen LogP contribution in [0.3, 0.4) is 0 Å². The highest BCUT2D eigenvalue weighted by Crippen LogP contribution is 2.37. The van der Waals surface area contributed by atoms with E-state index >= 15 is 0 Å². The highest BCUT2D eigenvalue weighted by Gasteiger charge is 2.55. The molecule has 0 bridgehead atoms. The standard InChI is InChI=1S/C9H10F2N2O6/c10-3-1-13(8(18)12-6(3)17)7-4(15)5(16)9(11,2-14)19-7/h1,4-5,7,14-16H,2H2,(H,12,17,18)/t4-,5+,7-,9-/m1/s1/i7D. The SMILES string of the molecule is [2H][C@@]1(n2cc(F)c(=O)[nH]c2=O)O[C@](F)(CO)[C@@H](O)[C@H]1O. The summed E-state index contributed by atoms with van der Waals surface area (Å²) in [6.45, 7) is -1.41. The Kier molecular flexibility index (Phi) is 2.93. The predicted molar refractivity (Wildman–Crippen MR) is 54.3 cm³/mol. The van der Waals surface area contributed by atoms with Crippen molar-refractivity contribution >= 4 is 0 Å². The molecule has 10 heteroatoms. The third-order valence-corrected chi connectivity index (χ3v) is 2.62. The first-order valence-electron chi connectivity index (χ1n) is 5.54. The van der Waals surface area contributed by atoms with Gasteiger partial charge in [0.2, 0.25) is 5.82 Å². The van der Waals surface area contributed by atoms with Crippen molar-refractivity contribution < 1.29 is 30.2 Å². The summed E-state index contributed by atoms with van der Waals surface area (Å²) in [6.07, 6.45) is -7.40. The Bertz CT molecular complexity index is 650. The van der Waals surface area contributed by atoms with Gasteiger partial charge in [-0.2, -0.15) is 4.39 Å². The summed E-state index contributed by atoms with van der Waals surface area (Å²) in [5, 5.41) is 27.8. The van der Waals surface area contributed by atoms with Gasteiger partial charge < -0.3 is 20.1 Å². The first-order valence-corrected chi connectivity index (χ1v) is 5.04. The van der Waals surface area contributed by atoms with Crippen LogP contribution in [0, 0.1) is 5.82 Å². The normalized spacial score (nSPS) is 39.3. The number of rotatable bonds is 2. The largest absolute Gasteiger partial charge is 0.390 e. The average molecular weight is 281 g/mol. The molecule has 19 heavy (non-hydrogen) atoms. The zero-order chi connectivity index (χ0) is 15.3. The predicted octanol–water partition coefficient (Wildman–Crippen LogP) is -2.42. The first kappa shape index (κ1) is 12.4. The monoisotopic (exact) mass is 281 g/mol. The van der Waals surface area contributed by atoms with E-state index in [-0.39, 0.29) is 10.8 Å². The molecule has 1 fully saturated rings. The van der Waals surface area contributed by atoms with Crippen molar-refractivity contribution in [2.45, 2.75) is 24.3 Å². The molecular weight excluding hydrogens is 270 g/mol. The molecule has 106 valence electrons. The number of aliphatic hydroxyl groups excluding tert-OH is 3. The third-order valence-electron chi connectivity index (χ3n) is 2.62. The maximum atomic E-state index is 13.9. The van der Waals surface area contributed by atoms with Crippen LogP contribution in [0.25, 0.3) is 0 Å². The topological polar surface area (TPSA) is 125 Å². The molecule has 1 aliphatic heterocycles. The number of alkyl halides is 1.